The van der Waals surface area contributed by atoms with Crippen LogP contribution in [-0.2, 0) is 10.2 Å². The first-order chi connectivity index (χ1) is 11.0. The first-order valence-corrected chi connectivity index (χ1v) is 7.80. The molecule has 0 radical (unpaired) electrons. The maximum Gasteiger partial charge on any atom is 0.236 e. The van der Waals surface area contributed by atoms with Crippen LogP contribution in [-0.4, -0.2) is 15.9 Å². The number of hydrogen-bond donors (Lipinski definition) is 1. The van der Waals surface area contributed by atoms with Crippen molar-refractivity contribution in [2.45, 2.75) is 24.7 Å². The number of nitrogens with zero attached hydrogens (tertiary/aromatic N) is 3. The third kappa shape index (κ3) is 2.88. The van der Waals surface area contributed by atoms with Gasteiger partial charge < -0.3 is 5.32 Å². The Morgan fingerprint density at radius 1 is 1.26 bits per heavy atom. The lowest BCUT2D eigenvalue weighted by atomic mass is 9.64. The van der Waals surface area contributed by atoms with E-state index in [9.17, 15) is 4.79 Å². The zero-order valence-electron chi connectivity index (χ0n) is 12.0. The number of hydrogen-bond acceptors (Lipinski definition) is 4. The molecule has 0 spiro atoms. The monoisotopic (exact) mass is 346 g/mol. The maximum absolute atomic E-state index is 12.8. The van der Waals surface area contributed by atoms with E-state index in [0.29, 0.717) is 29.2 Å². The summed E-state index contributed by atoms with van der Waals surface area (Å²) in [5, 5.41) is 12.6. The van der Waals surface area contributed by atoms with E-state index in [2.05, 4.69) is 15.3 Å². The van der Waals surface area contributed by atoms with E-state index in [1.807, 2.05) is 6.07 Å². The third-order valence-corrected chi connectivity index (χ3v) is 4.65. The summed E-state index contributed by atoms with van der Waals surface area (Å²) in [4.78, 5) is 20.9. The molecule has 1 saturated carbocycles. The highest BCUT2D eigenvalue weighted by molar-refractivity contribution is 6.30. The van der Waals surface area contributed by atoms with Gasteiger partial charge in [0, 0.05) is 12.4 Å². The first kappa shape index (κ1) is 15.7. The van der Waals surface area contributed by atoms with Crippen molar-refractivity contribution in [3.05, 3.63) is 51.9 Å². The number of halogens is 2. The molecular formula is C16H12Cl2N4O. The van der Waals surface area contributed by atoms with Crippen LogP contribution in [0.4, 0.5) is 5.82 Å². The lowest BCUT2D eigenvalue weighted by Crippen LogP contribution is -2.46. The Bertz CT molecular complexity index is 795. The zero-order valence-corrected chi connectivity index (χ0v) is 13.5. The second-order valence-corrected chi connectivity index (χ2v) is 6.22. The molecule has 23 heavy (non-hydrogen) atoms. The van der Waals surface area contributed by atoms with E-state index >= 15 is 0 Å². The van der Waals surface area contributed by atoms with E-state index < -0.39 is 5.41 Å². The van der Waals surface area contributed by atoms with Gasteiger partial charge in [-0.05, 0) is 36.6 Å². The molecule has 1 aliphatic rings. The summed E-state index contributed by atoms with van der Waals surface area (Å²) in [7, 11) is 0. The minimum Gasteiger partial charge on any atom is -0.310 e. The van der Waals surface area contributed by atoms with Crippen molar-refractivity contribution in [1.29, 1.82) is 5.26 Å². The predicted molar refractivity (Wildman–Crippen MR) is 87.4 cm³/mol. The van der Waals surface area contributed by atoms with Crippen molar-refractivity contribution in [3.8, 4) is 6.07 Å². The normalized spacial score (nSPS) is 15.3. The molecule has 5 nitrogen and oxygen atoms in total. The molecule has 1 N–H and O–H groups in total. The van der Waals surface area contributed by atoms with Gasteiger partial charge in [-0.25, -0.2) is 9.97 Å². The molecule has 3 rings (SSSR count). The van der Waals surface area contributed by atoms with Crippen molar-refractivity contribution in [1.82, 2.24) is 9.97 Å². The number of carbonyl (C=O) groups excluding carboxylic acids is 1. The summed E-state index contributed by atoms with van der Waals surface area (Å²) in [5.74, 6) is 0.277. The molecule has 0 aromatic carbocycles. The Morgan fingerprint density at radius 2 is 2.04 bits per heavy atom. The Kier molecular flexibility index (Phi) is 4.20. The lowest BCUT2D eigenvalue weighted by molar-refractivity contribution is -0.124. The highest BCUT2D eigenvalue weighted by Gasteiger charge is 2.46. The average molecular weight is 347 g/mol. The zero-order chi connectivity index (χ0) is 16.4. The highest BCUT2D eigenvalue weighted by atomic mass is 35.5. The van der Waals surface area contributed by atoms with Crippen LogP contribution in [0.15, 0.2) is 30.6 Å². The number of amides is 1. The molecule has 0 saturated heterocycles. The number of aromatic nitrogens is 2. The predicted octanol–water partition coefficient (Wildman–Crippen LogP) is 3.72. The van der Waals surface area contributed by atoms with E-state index in [-0.39, 0.29) is 16.6 Å². The standard InChI is InChI=1S/C16H12Cl2N4O/c17-12-2-3-13(20-9-12)22-15(23)16(4-1-5-16)11-6-10(7-19)14(18)21-8-11/h2-3,6,8-9H,1,4-5H2,(H,20,22,23). The van der Waals surface area contributed by atoms with Gasteiger partial charge in [0.15, 0.2) is 0 Å². The van der Waals surface area contributed by atoms with Gasteiger partial charge in [-0.15, -0.1) is 0 Å². The van der Waals surface area contributed by atoms with Gasteiger partial charge in [-0.2, -0.15) is 5.26 Å². The number of carbonyl (C=O) groups is 1. The number of anilines is 1. The molecule has 2 aromatic rings. The largest absolute Gasteiger partial charge is 0.310 e. The molecule has 0 aliphatic heterocycles. The maximum atomic E-state index is 12.8. The highest BCUT2D eigenvalue weighted by Crippen LogP contribution is 2.44. The third-order valence-electron chi connectivity index (χ3n) is 4.12. The van der Waals surface area contributed by atoms with Gasteiger partial charge >= 0.3 is 0 Å². The van der Waals surface area contributed by atoms with Gasteiger partial charge in [0.2, 0.25) is 5.91 Å². The molecule has 1 amide bonds. The van der Waals surface area contributed by atoms with E-state index in [1.54, 1.807) is 24.4 Å². The summed E-state index contributed by atoms with van der Waals surface area (Å²) in [6.07, 6.45) is 5.37. The molecule has 0 unspecified atom stereocenters. The molecule has 1 fully saturated rings. The molecular weight excluding hydrogens is 335 g/mol. The fraction of sp³-hybridized carbons (Fsp3) is 0.250. The molecule has 7 heteroatoms. The Labute approximate surface area is 143 Å². The fourth-order valence-electron chi connectivity index (χ4n) is 2.65. The molecule has 1 aliphatic carbocycles. The van der Waals surface area contributed by atoms with Crippen LogP contribution in [0.3, 0.4) is 0 Å². The Hall–Kier alpha value is -2.16. The smallest absolute Gasteiger partial charge is 0.236 e. The number of pyridine rings is 2. The second-order valence-electron chi connectivity index (χ2n) is 5.43. The molecule has 2 aromatic heterocycles. The quantitative estimate of drug-likeness (QED) is 0.859. The number of nitrogens with one attached hydrogen (secondary N) is 1. The van der Waals surface area contributed by atoms with Crippen molar-refractivity contribution < 1.29 is 4.79 Å². The van der Waals surface area contributed by atoms with Gasteiger partial charge in [-0.1, -0.05) is 29.6 Å². The minimum absolute atomic E-state index is 0.144. The van der Waals surface area contributed by atoms with Crippen molar-refractivity contribution >= 4 is 34.9 Å². The Morgan fingerprint density at radius 3 is 2.61 bits per heavy atom. The number of rotatable bonds is 3. The van der Waals surface area contributed by atoms with Crippen LogP contribution in [0.25, 0.3) is 0 Å². The summed E-state index contributed by atoms with van der Waals surface area (Å²) < 4.78 is 0. The van der Waals surface area contributed by atoms with Crippen molar-refractivity contribution in [3.63, 3.8) is 0 Å². The number of nitriles is 1. The van der Waals surface area contributed by atoms with E-state index in [0.717, 1.165) is 6.42 Å². The van der Waals surface area contributed by atoms with Gasteiger partial charge in [0.1, 0.15) is 17.0 Å². The van der Waals surface area contributed by atoms with Crippen molar-refractivity contribution in [2.24, 2.45) is 0 Å². The SMILES string of the molecule is N#Cc1cc(C2(C(=O)Nc3ccc(Cl)cn3)CCC2)cnc1Cl. The summed E-state index contributed by atoms with van der Waals surface area (Å²) >= 11 is 11.7. The minimum atomic E-state index is -0.690. The van der Waals surface area contributed by atoms with Crippen molar-refractivity contribution in [2.75, 3.05) is 5.32 Å². The van der Waals surface area contributed by atoms with E-state index in [4.69, 9.17) is 28.5 Å². The van der Waals surface area contributed by atoms with Gasteiger partial charge in [-0.3, -0.25) is 4.79 Å². The van der Waals surface area contributed by atoms with Gasteiger partial charge in [0.05, 0.1) is 16.0 Å². The second kappa shape index (κ2) is 6.15. The average Bonchev–Trinajstić information content (AvgIpc) is 2.50. The van der Waals surface area contributed by atoms with Gasteiger partial charge in [0.25, 0.3) is 0 Å². The molecule has 0 bridgehead atoms. The fourth-order valence-corrected chi connectivity index (χ4v) is 2.91. The summed E-state index contributed by atoms with van der Waals surface area (Å²) in [6.45, 7) is 0. The Balaban J connectivity index is 1.90. The lowest BCUT2D eigenvalue weighted by Gasteiger charge is -2.40. The van der Waals surface area contributed by atoms with E-state index in [1.165, 1.54) is 6.20 Å². The summed E-state index contributed by atoms with van der Waals surface area (Å²) in [6, 6.07) is 6.95. The van der Waals surface area contributed by atoms with Crippen LogP contribution in [0, 0.1) is 11.3 Å². The molecule has 2 heterocycles. The first-order valence-electron chi connectivity index (χ1n) is 7.04. The van der Waals surface area contributed by atoms with Crippen LogP contribution in [0.5, 0.6) is 0 Å². The van der Waals surface area contributed by atoms with Crippen LogP contribution >= 0.6 is 23.2 Å². The summed E-state index contributed by atoms with van der Waals surface area (Å²) in [5.41, 5.74) is 0.286. The topological polar surface area (TPSA) is 78.7 Å². The van der Waals surface area contributed by atoms with Crippen LogP contribution < -0.4 is 5.32 Å². The van der Waals surface area contributed by atoms with Crippen LogP contribution in [0.2, 0.25) is 10.2 Å². The van der Waals surface area contributed by atoms with Crippen LogP contribution in [0.1, 0.15) is 30.4 Å². The molecule has 116 valence electrons. The molecule has 0 atom stereocenters.